The highest BCUT2D eigenvalue weighted by Gasteiger charge is 2.09. The van der Waals surface area contributed by atoms with Crippen LogP contribution in [0.2, 0.25) is 0 Å². The third-order valence-electron chi connectivity index (χ3n) is 2.79. The Hall–Kier alpha value is -2.43. The van der Waals surface area contributed by atoms with Gasteiger partial charge in [0, 0.05) is 5.56 Å². The highest BCUT2D eigenvalue weighted by atomic mass is 16.5. The molecule has 2 rings (SSSR count). The van der Waals surface area contributed by atoms with Crippen LogP contribution in [0.15, 0.2) is 34.7 Å². The van der Waals surface area contributed by atoms with E-state index in [1.165, 1.54) is 0 Å². The van der Waals surface area contributed by atoms with E-state index in [9.17, 15) is 4.79 Å². The van der Waals surface area contributed by atoms with Gasteiger partial charge in [-0.3, -0.25) is 4.79 Å². The summed E-state index contributed by atoms with van der Waals surface area (Å²) in [7, 11) is 0. The van der Waals surface area contributed by atoms with E-state index in [0.717, 1.165) is 11.5 Å². The zero-order chi connectivity index (χ0) is 14.5. The van der Waals surface area contributed by atoms with Gasteiger partial charge in [-0.2, -0.15) is 0 Å². The molecule has 5 nitrogen and oxygen atoms in total. The average Bonchev–Trinajstić information content (AvgIpc) is 2.84. The quantitative estimate of drug-likeness (QED) is 0.821. The first kappa shape index (κ1) is 14.0. The molecular weight excluding hydrogens is 256 g/mol. The third kappa shape index (κ3) is 3.32. The van der Waals surface area contributed by atoms with Gasteiger partial charge >= 0.3 is 0 Å². The van der Waals surface area contributed by atoms with Crippen molar-refractivity contribution in [2.75, 3.05) is 12.3 Å². The SMILES string of the molecule is CCOc1ccc(C(=O)NCc2ccc(C)o2)cc1N. The molecule has 0 aliphatic heterocycles. The van der Waals surface area contributed by atoms with Crippen LogP contribution in [0.4, 0.5) is 5.69 Å². The van der Waals surface area contributed by atoms with Crippen molar-refractivity contribution < 1.29 is 13.9 Å². The number of rotatable bonds is 5. The fourth-order valence-corrected chi connectivity index (χ4v) is 1.83. The number of anilines is 1. The van der Waals surface area contributed by atoms with Crippen LogP contribution in [0, 0.1) is 6.92 Å². The molecule has 0 aliphatic carbocycles. The minimum Gasteiger partial charge on any atom is -0.492 e. The van der Waals surface area contributed by atoms with Gasteiger partial charge in [0.05, 0.1) is 18.8 Å². The fraction of sp³-hybridized carbons (Fsp3) is 0.267. The van der Waals surface area contributed by atoms with E-state index in [1.807, 2.05) is 26.0 Å². The highest BCUT2D eigenvalue weighted by Crippen LogP contribution is 2.22. The number of nitrogens with one attached hydrogen (secondary N) is 1. The molecule has 2 aromatic rings. The lowest BCUT2D eigenvalue weighted by atomic mass is 10.1. The molecule has 1 amide bonds. The van der Waals surface area contributed by atoms with E-state index in [0.29, 0.717) is 30.2 Å². The lowest BCUT2D eigenvalue weighted by Crippen LogP contribution is -2.22. The summed E-state index contributed by atoms with van der Waals surface area (Å²) >= 11 is 0. The van der Waals surface area contributed by atoms with Gasteiger partial charge in [0.2, 0.25) is 0 Å². The zero-order valence-corrected chi connectivity index (χ0v) is 11.6. The molecule has 0 atom stereocenters. The predicted molar refractivity (Wildman–Crippen MR) is 76.6 cm³/mol. The molecule has 0 saturated heterocycles. The van der Waals surface area contributed by atoms with E-state index >= 15 is 0 Å². The number of amides is 1. The molecule has 0 aliphatic rings. The molecule has 0 spiro atoms. The van der Waals surface area contributed by atoms with E-state index in [2.05, 4.69) is 5.32 Å². The number of benzene rings is 1. The van der Waals surface area contributed by atoms with Crippen LogP contribution in [-0.2, 0) is 6.54 Å². The van der Waals surface area contributed by atoms with Crippen molar-refractivity contribution in [3.05, 3.63) is 47.4 Å². The van der Waals surface area contributed by atoms with Crippen LogP contribution >= 0.6 is 0 Å². The van der Waals surface area contributed by atoms with Crippen molar-refractivity contribution in [1.29, 1.82) is 0 Å². The molecular formula is C15H18N2O3. The number of hydrogen-bond acceptors (Lipinski definition) is 4. The van der Waals surface area contributed by atoms with Crippen LogP contribution in [0.3, 0.4) is 0 Å². The summed E-state index contributed by atoms with van der Waals surface area (Å²) < 4.78 is 10.7. The zero-order valence-electron chi connectivity index (χ0n) is 11.6. The number of aryl methyl sites for hydroxylation is 1. The summed E-state index contributed by atoms with van der Waals surface area (Å²) in [6.07, 6.45) is 0. The Balaban J connectivity index is 2.00. The van der Waals surface area contributed by atoms with Gasteiger partial charge in [-0.15, -0.1) is 0 Å². The Bertz CT molecular complexity index is 605. The normalized spacial score (nSPS) is 10.3. The molecule has 0 bridgehead atoms. The van der Waals surface area contributed by atoms with Crippen molar-refractivity contribution in [2.24, 2.45) is 0 Å². The van der Waals surface area contributed by atoms with Gasteiger partial charge in [0.25, 0.3) is 5.91 Å². The van der Waals surface area contributed by atoms with Crippen molar-refractivity contribution in [3.8, 4) is 5.75 Å². The highest BCUT2D eigenvalue weighted by molar-refractivity contribution is 5.95. The van der Waals surface area contributed by atoms with Crippen LogP contribution in [-0.4, -0.2) is 12.5 Å². The molecule has 1 aromatic carbocycles. The van der Waals surface area contributed by atoms with Gasteiger partial charge in [0.1, 0.15) is 17.3 Å². The number of hydrogen-bond donors (Lipinski definition) is 2. The van der Waals surface area contributed by atoms with Crippen LogP contribution < -0.4 is 15.8 Å². The smallest absolute Gasteiger partial charge is 0.251 e. The summed E-state index contributed by atoms with van der Waals surface area (Å²) in [5.41, 5.74) is 6.78. The second-order valence-electron chi connectivity index (χ2n) is 4.38. The summed E-state index contributed by atoms with van der Waals surface area (Å²) in [6.45, 7) is 4.62. The maximum Gasteiger partial charge on any atom is 0.251 e. The Morgan fingerprint density at radius 3 is 2.75 bits per heavy atom. The number of ether oxygens (including phenoxy) is 1. The van der Waals surface area contributed by atoms with Crippen molar-refractivity contribution in [3.63, 3.8) is 0 Å². The van der Waals surface area contributed by atoms with Gasteiger partial charge in [-0.25, -0.2) is 0 Å². The third-order valence-corrected chi connectivity index (χ3v) is 2.79. The second kappa shape index (κ2) is 6.14. The molecule has 0 unspecified atom stereocenters. The first-order chi connectivity index (χ1) is 9.60. The van der Waals surface area contributed by atoms with E-state index < -0.39 is 0 Å². The largest absolute Gasteiger partial charge is 0.492 e. The van der Waals surface area contributed by atoms with E-state index in [-0.39, 0.29) is 5.91 Å². The number of nitrogen functional groups attached to an aromatic ring is 1. The predicted octanol–water partition coefficient (Wildman–Crippen LogP) is 2.50. The summed E-state index contributed by atoms with van der Waals surface area (Å²) in [5.74, 6) is 1.92. The van der Waals surface area contributed by atoms with Crippen molar-refractivity contribution >= 4 is 11.6 Å². The first-order valence-corrected chi connectivity index (χ1v) is 6.46. The van der Waals surface area contributed by atoms with Crippen molar-refractivity contribution in [1.82, 2.24) is 5.32 Å². The lowest BCUT2D eigenvalue weighted by Gasteiger charge is -2.09. The molecule has 1 aromatic heterocycles. The maximum atomic E-state index is 12.0. The Kier molecular flexibility index (Phi) is 4.30. The van der Waals surface area contributed by atoms with Crippen LogP contribution in [0.25, 0.3) is 0 Å². The standard InChI is InChI=1S/C15H18N2O3/c1-3-19-14-7-5-11(8-13(14)16)15(18)17-9-12-6-4-10(2)20-12/h4-8H,3,9,16H2,1-2H3,(H,17,18). The first-order valence-electron chi connectivity index (χ1n) is 6.46. The molecule has 20 heavy (non-hydrogen) atoms. The number of furan rings is 1. The van der Waals surface area contributed by atoms with Gasteiger partial charge < -0.3 is 20.2 Å². The fourth-order valence-electron chi connectivity index (χ4n) is 1.83. The Labute approximate surface area is 117 Å². The van der Waals surface area contributed by atoms with E-state index in [1.54, 1.807) is 18.2 Å². The summed E-state index contributed by atoms with van der Waals surface area (Å²) in [5, 5.41) is 2.78. The average molecular weight is 274 g/mol. The minimum absolute atomic E-state index is 0.200. The summed E-state index contributed by atoms with van der Waals surface area (Å²) in [4.78, 5) is 12.0. The van der Waals surface area contributed by atoms with Crippen LogP contribution in [0.5, 0.6) is 5.75 Å². The lowest BCUT2D eigenvalue weighted by molar-refractivity contribution is 0.0948. The molecule has 0 saturated carbocycles. The molecule has 5 heteroatoms. The molecule has 0 radical (unpaired) electrons. The Morgan fingerprint density at radius 1 is 1.35 bits per heavy atom. The summed E-state index contributed by atoms with van der Waals surface area (Å²) in [6, 6.07) is 8.68. The number of nitrogens with two attached hydrogens (primary N) is 1. The van der Waals surface area contributed by atoms with Crippen LogP contribution in [0.1, 0.15) is 28.8 Å². The molecule has 3 N–H and O–H groups in total. The van der Waals surface area contributed by atoms with Gasteiger partial charge in [0.15, 0.2) is 0 Å². The molecule has 0 fully saturated rings. The Morgan fingerprint density at radius 2 is 2.15 bits per heavy atom. The monoisotopic (exact) mass is 274 g/mol. The minimum atomic E-state index is -0.200. The topological polar surface area (TPSA) is 77.5 Å². The number of carbonyl (C=O) groups excluding carboxylic acids is 1. The van der Waals surface area contributed by atoms with Crippen molar-refractivity contribution in [2.45, 2.75) is 20.4 Å². The van der Waals surface area contributed by atoms with Gasteiger partial charge in [-0.05, 0) is 44.2 Å². The number of carbonyl (C=O) groups is 1. The maximum absolute atomic E-state index is 12.0. The molecule has 106 valence electrons. The molecule has 1 heterocycles. The van der Waals surface area contributed by atoms with Gasteiger partial charge in [-0.1, -0.05) is 0 Å². The second-order valence-corrected chi connectivity index (χ2v) is 4.38. The van der Waals surface area contributed by atoms with E-state index in [4.69, 9.17) is 14.9 Å².